The Morgan fingerprint density at radius 3 is 2.65 bits per heavy atom. The molecule has 1 aliphatic carbocycles. The topological polar surface area (TPSA) is 102 Å². The summed E-state index contributed by atoms with van der Waals surface area (Å²) in [6.07, 6.45) is -0.707. The molecule has 1 aromatic heterocycles. The summed E-state index contributed by atoms with van der Waals surface area (Å²) in [6.45, 7) is 1.44. The van der Waals surface area contributed by atoms with Crippen molar-refractivity contribution in [3.63, 3.8) is 0 Å². The zero-order valence-electron chi connectivity index (χ0n) is 10.5. The molecule has 1 aliphatic rings. The summed E-state index contributed by atoms with van der Waals surface area (Å²) in [5, 5.41) is 7.41. The van der Waals surface area contributed by atoms with Crippen LogP contribution in [0.1, 0.15) is 25.0 Å². The predicted molar refractivity (Wildman–Crippen MR) is 69.1 cm³/mol. The number of alkyl halides is 2. The smallest absolute Gasteiger partial charge is 0.249 e. The van der Waals surface area contributed by atoms with Crippen LogP contribution in [0.25, 0.3) is 0 Å². The average Bonchev–Trinajstić information content (AvgIpc) is 2.81. The van der Waals surface area contributed by atoms with E-state index < -0.39 is 34.2 Å². The number of carbonyl (C=O) groups is 1. The van der Waals surface area contributed by atoms with Crippen molar-refractivity contribution in [1.82, 2.24) is 4.98 Å². The molecule has 0 radical (unpaired) electrons. The summed E-state index contributed by atoms with van der Waals surface area (Å²) in [5.74, 6) is -4.17. The summed E-state index contributed by atoms with van der Waals surface area (Å²) in [5.41, 5.74) is 0.171. The van der Waals surface area contributed by atoms with Crippen LogP contribution in [-0.2, 0) is 14.8 Å². The molecule has 1 fully saturated rings. The lowest BCUT2D eigenvalue weighted by Gasteiger charge is -2.09. The predicted octanol–water partition coefficient (Wildman–Crippen LogP) is 1.47. The molecule has 1 aromatic rings. The van der Waals surface area contributed by atoms with Gasteiger partial charge in [-0.05, 0) is 13.3 Å². The fraction of sp³-hybridized carbons (Fsp3) is 0.600. The molecule has 20 heavy (non-hydrogen) atoms. The molecular weight excluding hydrogens is 312 g/mol. The number of carbonyl (C=O) groups excluding carboxylic acids is 1. The summed E-state index contributed by atoms with van der Waals surface area (Å²) >= 11 is 0.710. The maximum absolute atomic E-state index is 13.0. The van der Waals surface area contributed by atoms with Crippen LogP contribution in [0, 0.1) is 12.8 Å². The monoisotopic (exact) mass is 325 g/mol. The Morgan fingerprint density at radius 1 is 1.55 bits per heavy atom. The van der Waals surface area contributed by atoms with E-state index in [4.69, 9.17) is 5.14 Å². The van der Waals surface area contributed by atoms with Crippen LogP contribution in [0.15, 0.2) is 4.21 Å². The molecule has 0 bridgehead atoms. The van der Waals surface area contributed by atoms with E-state index in [2.05, 4.69) is 10.3 Å². The van der Waals surface area contributed by atoms with Crippen molar-refractivity contribution in [1.29, 1.82) is 0 Å². The van der Waals surface area contributed by atoms with Gasteiger partial charge in [-0.1, -0.05) is 11.3 Å². The van der Waals surface area contributed by atoms with E-state index in [-0.39, 0.29) is 27.9 Å². The molecule has 1 unspecified atom stereocenters. The van der Waals surface area contributed by atoms with Crippen LogP contribution in [0.5, 0.6) is 0 Å². The van der Waals surface area contributed by atoms with Gasteiger partial charge in [-0.25, -0.2) is 27.3 Å². The van der Waals surface area contributed by atoms with Gasteiger partial charge in [0.15, 0.2) is 9.34 Å². The van der Waals surface area contributed by atoms with Crippen LogP contribution in [-0.4, -0.2) is 25.2 Å². The highest BCUT2D eigenvalue weighted by molar-refractivity contribution is 7.91. The quantitative estimate of drug-likeness (QED) is 0.878. The van der Waals surface area contributed by atoms with Crippen LogP contribution in [0.3, 0.4) is 0 Å². The van der Waals surface area contributed by atoms with E-state index in [1.165, 1.54) is 6.92 Å². The maximum Gasteiger partial charge on any atom is 0.249 e. The van der Waals surface area contributed by atoms with E-state index in [9.17, 15) is 22.0 Å². The Hall–Kier alpha value is -1.13. The van der Waals surface area contributed by atoms with E-state index in [0.717, 1.165) is 0 Å². The average molecular weight is 325 g/mol. The standard InChI is InChI=1S/C10H13F2N3O3S2/c1-5-8(20(13,17)18)19-9(14-5)15-7(16)6-2-3-10(11,12)4-6/h6H,2-4H2,1H3,(H2,13,17,18)(H,14,15,16). The highest BCUT2D eigenvalue weighted by Crippen LogP contribution is 2.39. The van der Waals surface area contributed by atoms with Gasteiger partial charge in [0.25, 0.3) is 0 Å². The molecule has 0 saturated heterocycles. The summed E-state index contributed by atoms with van der Waals surface area (Å²) in [6, 6.07) is 0. The first-order valence-electron chi connectivity index (χ1n) is 5.77. The molecule has 1 saturated carbocycles. The van der Waals surface area contributed by atoms with Crippen molar-refractivity contribution in [2.75, 3.05) is 5.32 Å². The Morgan fingerprint density at radius 2 is 2.20 bits per heavy atom. The van der Waals surface area contributed by atoms with Crippen molar-refractivity contribution in [2.24, 2.45) is 11.1 Å². The number of halogens is 2. The zero-order valence-corrected chi connectivity index (χ0v) is 12.2. The van der Waals surface area contributed by atoms with Gasteiger partial charge in [-0.2, -0.15) is 0 Å². The molecule has 0 aliphatic heterocycles. The Balaban J connectivity index is 2.10. The number of anilines is 1. The second-order valence-corrected chi connectivity index (χ2v) is 7.48. The third-order valence-electron chi connectivity index (χ3n) is 3.02. The number of primary sulfonamides is 1. The number of aryl methyl sites for hydroxylation is 1. The summed E-state index contributed by atoms with van der Waals surface area (Å²) in [4.78, 5) is 15.7. The van der Waals surface area contributed by atoms with Gasteiger partial charge in [0.1, 0.15) is 0 Å². The number of thiazole rings is 1. The Kier molecular flexibility index (Phi) is 3.82. The van der Waals surface area contributed by atoms with Crippen molar-refractivity contribution in [3.8, 4) is 0 Å². The molecule has 2 rings (SSSR count). The Bertz CT molecular complexity index is 642. The number of nitrogens with two attached hydrogens (primary N) is 1. The van der Waals surface area contributed by atoms with Crippen molar-refractivity contribution in [2.45, 2.75) is 36.3 Å². The molecule has 3 N–H and O–H groups in total. The fourth-order valence-electron chi connectivity index (χ4n) is 2.08. The number of hydrogen-bond acceptors (Lipinski definition) is 5. The summed E-state index contributed by atoms with van der Waals surface area (Å²) in [7, 11) is -3.90. The lowest BCUT2D eigenvalue weighted by molar-refractivity contribution is -0.120. The van der Waals surface area contributed by atoms with Gasteiger partial charge >= 0.3 is 0 Å². The van der Waals surface area contributed by atoms with Crippen LogP contribution >= 0.6 is 11.3 Å². The van der Waals surface area contributed by atoms with Crippen LogP contribution in [0.4, 0.5) is 13.9 Å². The van der Waals surface area contributed by atoms with Gasteiger partial charge in [-0.15, -0.1) is 0 Å². The number of hydrogen-bond donors (Lipinski definition) is 2. The van der Waals surface area contributed by atoms with Gasteiger partial charge in [0.05, 0.1) is 5.69 Å². The van der Waals surface area contributed by atoms with Crippen LogP contribution < -0.4 is 10.5 Å². The highest BCUT2D eigenvalue weighted by atomic mass is 32.2. The zero-order chi connectivity index (χ0) is 15.1. The Labute approximate surface area is 118 Å². The third-order valence-corrected chi connectivity index (χ3v) is 5.64. The van der Waals surface area contributed by atoms with E-state index in [0.29, 0.717) is 11.3 Å². The van der Waals surface area contributed by atoms with E-state index in [1.54, 1.807) is 0 Å². The molecule has 0 spiro atoms. The number of nitrogens with zero attached hydrogens (tertiary/aromatic N) is 1. The third kappa shape index (κ3) is 3.30. The lowest BCUT2D eigenvalue weighted by atomic mass is 10.1. The summed E-state index contributed by atoms with van der Waals surface area (Å²) < 4.78 is 48.4. The van der Waals surface area contributed by atoms with Crippen molar-refractivity contribution < 1.29 is 22.0 Å². The van der Waals surface area contributed by atoms with Gasteiger partial charge < -0.3 is 5.32 Å². The lowest BCUT2D eigenvalue weighted by Crippen LogP contribution is -2.22. The van der Waals surface area contributed by atoms with Gasteiger partial charge in [-0.3, -0.25) is 4.79 Å². The second-order valence-electron chi connectivity index (χ2n) is 4.72. The molecule has 1 heterocycles. The molecule has 0 aromatic carbocycles. The second kappa shape index (κ2) is 5.01. The minimum atomic E-state index is -3.90. The number of amides is 1. The molecule has 1 amide bonds. The van der Waals surface area contributed by atoms with Gasteiger partial charge in [0, 0.05) is 18.8 Å². The number of nitrogens with one attached hydrogen (secondary N) is 1. The van der Waals surface area contributed by atoms with E-state index in [1.807, 2.05) is 0 Å². The fourth-order valence-corrected chi connectivity index (χ4v) is 3.94. The normalized spacial score (nSPS) is 21.9. The molecule has 10 heteroatoms. The molecule has 112 valence electrons. The SMILES string of the molecule is Cc1nc(NC(=O)C2CCC(F)(F)C2)sc1S(N)(=O)=O. The first-order valence-corrected chi connectivity index (χ1v) is 8.14. The molecular formula is C10H13F2N3O3S2. The largest absolute Gasteiger partial charge is 0.302 e. The number of aromatic nitrogens is 1. The minimum Gasteiger partial charge on any atom is -0.302 e. The number of sulfonamides is 1. The van der Waals surface area contributed by atoms with Crippen LogP contribution in [0.2, 0.25) is 0 Å². The molecule has 1 atom stereocenters. The highest BCUT2D eigenvalue weighted by Gasteiger charge is 2.42. The minimum absolute atomic E-state index is 0.0479. The first-order chi connectivity index (χ1) is 9.08. The maximum atomic E-state index is 13.0. The number of rotatable bonds is 3. The first kappa shape index (κ1) is 15.3. The van der Waals surface area contributed by atoms with Crippen molar-refractivity contribution >= 4 is 32.4 Å². The molecule has 6 nitrogen and oxygen atoms in total. The van der Waals surface area contributed by atoms with E-state index >= 15 is 0 Å². The van der Waals surface area contributed by atoms with Crippen molar-refractivity contribution in [3.05, 3.63) is 5.69 Å². The van der Waals surface area contributed by atoms with Gasteiger partial charge in [0.2, 0.25) is 21.9 Å².